The molecule has 0 radical (unpaired) electrons. The maximum absolute atomic E-state index is 14.2. The number of anilines is 1. The molecule has 0 unspecified atom stereocenters. The molecular formula is C23H25FN6O2. The number of hydrogen-bond acceptors (Lipinski definition) is 5. The second kappa shape index (κ2) is 8.41. The van der Waals surface area contributed by atoms with Gasteiger partial charge in [-0.3, -0.25) is 19.6 Å². The van der Waals surface area contributed by atoms with Crippen LogP contribution in [-0.4, -0.2) is 43.6 Å². The lowest BCUT2D eigenvalue weighted by atomic mass is 10.1. The molecule has 1 amide bonds. The zero-order valence-electron chi connectivity index (χ0n) is 18.4. The lowest BCUT2D eigenvalue weighted by Crippen LogP contribution is -2.21. The highest BCUT2D eigenvalue weighted by Crippen LogP contribution is 2.28. The Morgan fingerprint density at radius 2 is 2.06 bits per heavy atom. The molecule has 166 valence electrons. The molecule has 8 nitrogen and oxygen atoms in total. The van der Waals surface area contributed by atoms with Gasteiger partial charge in [-0.15, -0.1) is 0 Å². The normalized spacial score (nSPS) is 11.7. The van der Waals surface area contributed by atoms with E-state index in [0.717, 1.165) is 22.0 Å². The van der Waals surface area contributed by atoms with Gasteiger partial charge in [0.2, 0.25) is 5.91 Å². The van der Waals surface area contributed by atoms with Crippen molar-refractivity contribution in [3.05, 3.63) is 54.0 Å². The van der Waals surface area contributed by atoms with E-state index in [4.69, 9.17) is 4.74 Å². The fourth-order valence-corrected chi connectivity index (χ4v) is 3.58. The Balaban J connectivity index is 1.59. The molecule has 0 aliphatic carbocycles. The van der Waals surface area contributed by atoms with Crippen LogP contribution >= 0.6 is 0 Å². The number of aromatic nitrogens is 5. The number of nitrogens with one attached hydrogen (secondary N) is 2. The minimum absolute atomic E-state index is 0.116. The highest BCUT2D eigenvalue weighted by atomic mass is 19.1. The van der Waals surface area contributed by atoms with Crippen molar-refractivity contribution < 1.29 is 13.9 Å². The summed E-state index contributed by atoms with van der Waals surface area (Å²) in [6.07, 6.45) is 5.01. The second-order valence-electron chi connectivity index (χ2n) is 8.35. The van der Waals surface area contributed by atoms with E-state index in [9.17, 15) is 9.18 Å². The molecule has 0 fully saturated rings. The molecule has 4 rings (SSSR count). The minimum Gasteiger partial charge on any atom is -0.496 e. The van der Waals surface area contributed by atoms with Gasteiger partial charge in [-0.25, -0.2) is 4.39 Å². The third-order valence-electron chi connectivity index (χ3n) is 5.01. The van der Waals surface area contributed by atoms with Gasteiger partial charge >= 0.3 is 0 Å². The number of pyridine rings is 1. The van der Waals surface area contributed by atoms with Crippen LogP contribution in [0, 0.1) is 6.92 Å². The first-order valence-electron chi connectivity index (χ1n) is 10.2. The second-order valence-corrected chi connectivity index (χ2v) is 8.35. The standard InChI is InChI=1S/C23H25FN6O2/c1-14-5-6-20(32-4)15(7-14)8-21(31)28-18-12-26-29-22(18)17-9-19-16(10-25-17)11-27-30(19)13-23(2,3)24/h5-7,9-12H,8,13H2,1-4H3,(H,26,29)(H,28,31). The maximum atomic E-state index is 14.2. The number of rotatable bonds is 7. The lowest BCUT2D eigenvalue weighted by molar-refractivity contribution is -0.115. The molecule has 4 aromatic rings. The summed E-state index contributed by atoms with van der Waals surface area (Å²) in [5.74, 6) is 0.455. The molecule has 0 aliphatic heterocycles. The zero-order valence-corrected chi connectivity index (χ0v) is 18.4. The largest absolute Gasteiger partial charge is 0.496 e. The van der Waals surface area contributed by atoms with Gasteiger partial charge in [0.05, 0.1) is 49.4 Å². The van der Waals surface area contributed by atoms with Gasteiger partial charge in [0, 0.05) is 17.1 Å². The zero-order chi connectivity index (χ0) is 22.9. The number of aromatic amines is 1. The number of methoxy groups -OCH3 is 1. The molecule has 0 saturated heterocycles. The molecule has 1 aromatic carbocycles. The number of H-pyrrole nitrogens is 1. The Hall–Kier alpha value is -3.75. The van der Waals surface area contributed by atoms with Crippen molar-refractivity contribution in [1.29, 1.82) is 0 Å². The van der Waals surface area contributed by atoms with E-state index in [0.29, 0.717) is 22.8 Å². The minimum atomic E-state index is -1.41. The fraction of sp³-hybridized carbons (Fsp3) is 0.304. The summed E-state index contributed by atoms with van der Waals surface area (Å²) in [7, 11) is 1.58. The Morgan fingerprint density at radius 1 is 1.25 bits per heavy atom. The third kappa shape index (κ3) is 4.61. The fourth-order valence-electron chi connectivity index (χ4n) is 3.58. The summed E-state index contributed by atoms with van der Waals surface area (Å²) < 4.78 is 21.1. The van der Waals surface area contributed by atoms with Gasteiger partial charge in [0.25, 0.3) is 0 Å². The number of halogens is 1. The van der Waals surface area contributed by atoms with E-state index in [1.165, 1.54) is 20.0 Å². The van der Waals surface area contributed by atoms with E-state index >= 15 is 0 Å². The van der Waals surface area contributed by atoms with Crippen LogP contribution in [0.1, 0.15) is 25.0 Å². The van der Waals surface area contributed by atoms with Gasteiger partial charge in [-0.2, -0.15) is 10.2 Å². The van der Waals surface area contributed by atoms with E-state index < -0.39 is 5.67 Å². The van der Waals surface area contributed by atoms with Crippen LogP contribution < -0.4 is 10.1 Å². The summed E-state index contributed by atoms with van der Waals surface area (Å²) in [4.78, 5) is 17.2. The SMILES string of the molecule is COc1ccc(C)cc1CC(=O)Nc1cn[nH]c1-c1cc2c(cn1)cnn2CC(C)(C)F. The average molecular weight is 436 g/mol. The third-order valence-corrected chi connectivity index (χ3v) is 5.01. The Bertz CT molecular complexity index is 1270. The Kier molecular flexibility index (Phi) is 5.65. The molecule has 0 bridgehead atoms. The predicted octanol–water partition coefficient (Wildman–Crippen LogP) is 4.07. The van der Waals surface area contributed by atoms with Gasteiger partial charge in [0.1, 0.15) is 17.1 Å². The Labute approximate surface area is 184 Å². The average Bonchev–Trinajstić information content (AvgIpc) is 3.33. The first-order chi connectivity index (χ1) is 15.2. The maximum Gasteiger partial charge on any atom is 0.229 e. The van der Waals surface area contributed by atoms with Crippen LogP contribution in [0.2, 0.25) is 0 Å². The van der Waals surface area contributed by atoms with Crippen molar-refractivity contribution in [2.45, 2.75) is 39.4 Å². The number of benzene rings is 1. The van der Waals surface area contributed by atoms with E-state index in [-0.39, 0.29) is 18.9 Å². The van der Waals surface area contributed by atoms with E-state index in [2.05, 4.69) is 25.6 Å². The van der Waals surface area contributed by atoms with Gasteiger partial charge in [0.15, 0.2) is 0 Å². The molecule has 3 heterocycles. The molecule has 0 aliphatic rings. The van der Waals surface area contributed by atoms with Crippen LogP contribution in [0.25, 0.3) is 22.3 Å². The number of nitrogens with zero attached hydrogens (tertiary/aromatic N) is 4. The summed E-state index contributed by atoms with van der Waals surface area (Å²) in [5.41, 5.74) is 2.81. The topological polar surface area (TPSA) is 97.7 Å². The van der Waals surface area contributed by atoms with Crippen molar-refractivity contribution in [2.24, 2.45) is 0 Å². The summed E-state index contributed by atoms with van der Waals surface area (Å²) in [5, 5.41) is 14.9. The van der Waals surface area contributed by atoms with Crippen LogP contribution in [-0.2, 0) is 17.8 Å². The van der Waals surface area contributed by atoms with Crippen molar-refractivity contribution in [2.75, 3.05) is 12.4 Å². The van der Waals surface area contributed by atoms with Crippen LogP contribution in [0.3, 0.4) is 0 Å². The van der Waals surface area contributed by atoms with E-state index in [1.54, 1.807) is 30.3 Å². The molecular weight excluding hydrogens is 411 g/mol. The smallest absolute Gasteiger partial charge is 0.229 e. The molecule has 0 saturated carbocycles. The highest BCUT2D eigenvalue weighted by molar-refractivity contribution is 5.96. The molecule has 0 spiro atoms. The summed E-state index contributed by atoms with van der Waals surface area (Å²) in [6.45, 7) is 5.10. The number of ether oxygens (including phenoxy) is 1. The van der Waals surface area contributed by atoms with Crippen LogP contribution in [0.4, 0.5) is 10.1 Å². The van der Waals surface area contributed by atoms with E-state index in [1.807, 2.05) is 25.1 Å². The summed E-state index contributed by atoms with van der Waals surface area (Å²) in [6, 6.07) is 7.52. The number of amides is 1. The van der Waals surface area contributed by atoms with Gasteiger partial charge in [-0.1, -0.05) is 17.7 Å². The molecule has 3 aromatic heterocycles. The number of hydrogen-bond donors (Lipinski definition) is 2. The van der Waals surface area contributed by atoms with Crippen molar-refractivity contribution in [3.8, 4) is 17.1 Å². The molecule has 2 N–H and O–H groups in total. The van der Waals surface area contributed by atoms with Crippen LogP contribution in [0.15, 0.2) is 42.9 Å². The highest BCUT2D eigenvalue weighted by Gasteiger charge is 2.20. The summed E-state index contributed by atoms with van der Waals surface area (Å²) >= 11 is 0. The number of carbonyl (C=O) groups is 1. The lowest BCUT2D eigenvalue weighted by Gasteiger charge is -2.14. The Morgan fingerprint density at radius 3 is 2.81 bits per heavy atom. The number of fused-ring (bicyclic) bond motifs is 1. The molecule has 9 heteroatoms. The van der Waals surface area contributed by atoms with Crippen molar-refractivity contribution >= 4 is 22.5 Å². The van der Waals surface area contributed by atoms with Gasteiger partial charge < -0.3 is 10.1 Å². The quantitative estimate of drug-likeness (QED) is 0.455. The first kappa shape index (κ1) is 21.5. The van der Waals surface area contributed by atoms with Crippen molar-refractivity contribution in [3.63, 3.8) is 0 Å². The molecule has 32 heavy (non-hydrogen) atoms. The predicted molar refractivity (Wildman–Crippen MR) is 120 cm³/mol. The number of aryl methyl sites for hydroxylation is 1. The monoisotopic (exact) mass is 436 g/mol. The van der Waals surface area contributed by atoms with Crippen LogP contribution in [0.5, 0.6) is 5.75 Å². The number of alkyl halides is 1. The van der Waals surface area contributed by atoms with Crippen molar-refractivity contribution in [1.82, 2.24) is 25.0 Å². The molecule has 0 atom stereocenters. The first-order valence-corrected chi connectivity index (χ1v) is 10.2. The number of carbonyl (C=O) groups excluding carboxylic acids is 1. The van der Waals surface area contributed by atoms with Gasteiger partial charge in [-0.05, 0) is 32.9 Å².